The van der Waals surface area contributed by atoms with Gasteiger partial charge in [-0.15, -0.1) is 11.3 Å². The van der Waals surface area contributed by atoms with E-state index in [0.29, 0.717) is 6.04 Å². The summed E-state index contributed by atoms with van der Waals surface area (Å²) < 4.78 is 8.35. The van der Waals surface area contributed by atoms with Crippen LogP contribution in [0.1, 0.15) is 46.2 Å². The number of piperidine rings is 1. The van der Waals surface area contributed by atoms with Crippen molar-refractivity contribution in [1.82, 2.24) is 14.7 Å². The van der Waals surface area contributed by atoms with Gasteiger partial charge in [-0.2, -0.15) is 5.10 Å². The summed E-state index contributed by atoms with van der Waals surface area (Å²) in [6.45, 7) is 9.84. The molecule has 0 aliphatic carbocycles. The molecule has 4 nitrogen and oxygen atoms in total. The van der Waals surface area contributed by atoms with E-state index in [-0.39, 0.29) is 5.60 Å². The summed E-state index contributed by atoms with van der Waals surface area (Å²) in [5, 5.41) is 4.30. The maximum atomic E-state index is 6.46. The van der Waals surface area contributed by atoms with Crippen molar-refractivity contribution in [2.24, 2.45) is 7.05 Å². The van der Waals surface area contributed by atoms with Gasteiger partial charge in [0.15, 0.2) is 0 Å². The van der Waals surface area contributed by atoms with Crippen LogP contribution in [0, 0.1) is 13.8 Å². The van der Waals surface area contributed by atoms with Crippen LogP contribution in [0.3, 0.4) is 0 Å². The van der Waals surface area contributed by atoms with Gasteiger partial charge in [-0.1, -0.05) is 0 Å². The quantitative estimate of drug-likeness (QED) is 0.834. The van der Waals surface area contributed by atoms with Gasteiger partial charge in [0.2, 0.25) is 0 Å². The van der Waals surface area contributed by atoms with Gasteiger partial charge in [-0.25, -0.2) is 0 Å². The van der Waals surface area contributed by atoms with Gasteiger partial charge >= 0.3 is 0 Å². The highest BCUT2D eigenvalue weighted by Crippen LogP contribution is 2.48. The molecule has 0 N–H and O–H groups in total. The van der Waals surface area contributed by atoms with Crippen LogP contribution in [0.25, 0.3) is 0 Å². The molecule has 0 unspecified atom stereocenters. The molecule has 2 aromatic rings. The minimum atomic E-state index is -0.0483. The first-order valence-electron chi connectivity index (χ1n) is 8.93. The Labute approximate surface area is 148 Å². The van der Waals surface area contributed by atoms with E-state index in [2.05, 4.69) is 37.0 Å². The molecule has 1 fully saturated rings. The zero-order valence-corrected chi connectivity index (χ0v) is 15.9. The first kappa shape index (κ1) is 16.3. The summed E-state index contributed by atoms with van der Waals surface area (Å²) in [6, 6.07) is 0.518. The molecule has 24 heavy (non-hydrogen) atoms. The van der Waals surface area contributed by atoms with E-state index in [0.717, 1.165) is 39.0 Å². The predicted octanol–water partition coefficient (Wildman–Crippen LogP) is 3.55. The third kappa shape index (κ3) is 2.63. The largest absolute Gasteiger partial charge is 0.370 e. The van der Waals surface area contributed by atoms with Gasteiger partial charge in [0.25, 0.3) is 0 Å². The number of aryl methyl sites for hydroxylation is 2. The zero-order valence-electron chi connectivity index (χ0n) is 15.1. The van der Waals surface area contributed by atoms with Gasteiger partial charge in [-0.3, -0.25) is 9.58 Å². The van der Waals surface area contributed by atoms with E-state index < -0.39 is 0 Å². The van der Waals surface area contributed by atoms with Gasteiger partial charge in [0, 0.05) is 59.7 Å². The van der Waals surface area contributed by atoms with E-state index in [1.54, 1.807) is 4.88 Å². The first-order valence-corrected chi connectivity index (χ1v) is 9.75. The smallest absolute Gasteiger partial charge is 0.0971 e. The van der Waals surface area contributed by atoms with Crippen LogP contribution < -0.4 is 0 Å². The van der Waals surface area contributed by atoms with Crippen molar-refractivity contribution in [3.63, 3.8) is 0 Å². The second kappa shape index (κ2) is 5.97. The monoisotopic (exact) mass is 345 g/mol. The molecule has 0 radical (unpaired) electrons. The number of thiophene rings is 1. The van der Waals surface area contributed by atoms with E-state index in [1.165, 1.54) is 21.6 Å². The number of hydrogen-bond acceptors (Lipinski definition) is 4. The van der Waals surface area contributed by atoms with Crippen molar-refractivity contribution in [1.29, 1.82) is 0 Å². The van der Waals surface area contributed by atoms with Crippen LogP contribution in [-0.4, -0.2) is 33.9 Å². The number of aromatic nitrogens is 2. The number of rotatable bonds is 2. The lowest BCUT2D eigenvalue weighted by atomic mass is 9.77. The van der Waals surface area contributed by atoms with Crippen molar-refractivity contribution < 1.29 is 4.74 Å². The van der Waals surface area contributed by atoms with E-state index in [4.69, 9.17) is 4.74 Å². The fourth-order valence-corrected chi connectivity index (χ4v) is 5.77. The molecule has 0 aromatic carbocycles. The third-order valence-electron chi connectivity index (χ3n) is 5.82. The number of ether oxygens (including phenoxy) is 1. The number of likely N-dealkylation sites (tertiary alicyclic amines) is 1. The first-order chi connectivity index (χ1) is 11.5. The maximum Gasteiger partial charge on any atom is 0.0971 e. The Morgan fingerprint density at radius 2 is 2.25 bits per heavy atom. The van der Waals surface area contributed by atoms with Crippen molar-refractivity contribution in [3.8, 4) is 0 Å². The third-order valence-corrected chi connectivity index (χ3v) is 7.08. The van der Waals surface area contributed by atoms with Crippen molar-refractivity contribution in [2.45, 2.75) is 58.2 Å². The lowest BCUT2D eigenvalue weighted by Gasteiger charge is -2.47. The summed E-state index contributed by atoms with van der Waals surface area (Å²) >= 11 is 1.99. The molecule has 0 saturated carbocycles. The van der Waals surface area contributed by atoms with Gasteiger partial charge < -0.3 is 4.74 Å². The van der Waals surface area contributed by atoms with Crippen molar-refractivity contribution >= 4 is 11.3 Å². The molecular weight excluding hydrogens is 318 g/mol. The molecule has 0 amide bonds. The van der Waals surface area contributed by atoms with Crippen LogP contribution in [-0.2, 0) is 30.4 Å². The molecular formula is C19H27N3OS. The molecule has 0 bridgehead atoms. The minimum absolute atomic E-state index is 0.0483. The lowest BCUT2D eigenvalue weighted by Crippen LogP contribution is -2.50. The topological polar surface area (TPSA) is 30.3 Å². The average Bonchev–Trinajstić information content (AvgIpc) is 3.07. The van der Waals surface area contributed by atoms with Crippen LogP contribution >= 0.6 is 11.3 Å². The molecule has 130 valence electrons. The highest BCUT2D eigenvalue weighted by molar-refractivity contribution is 7.12. The van der Waals surface area contributed by atoms with Gasteiger partial charge in [0.05, 0.1) is 18.4 Å². The number of nitrogens with zero attached hydrogens (tertiary/aromatic N) is 3. The molecule has 2 atom stereocenters. The van der Waals surface area contributed by atoms with Crippen molar-refractivity contribution in [2.75, 3.05) is 13.2 Å². The van der Waals surface area contributed by atoms with Crippen LogP contribution in [0.4, 0.5) is 0 Å². The van der Waals surface area contributed by atoms with Gasteiger partial charge in [0.1, 0.15) is 0 Å². The minimum Gasteiger partial charge on any atom is -0.370 e. The Morgan fingerprint density at radius 3 is 2.96 bits per heavy atom. The van der Waals surface area contributed by atoms with Crippen LogP contribution in [0.5, 0.6) is 0 Å². The van der Waals surface area contributed by atoms with E-state index in [9.17, 15) is 0 Å². The normalized spacial score (nSPS) is 27.6. The highest BCUT2D eigenvalue weighted by Gasteiger charge is 2.45. The fourth-order valence-electron chi connectivity index (χ4n) is 4.51. The van der Waals surface area contributed by atoms with Gasteiger partial charge in [-0.05, 0) is 39.2 Å². The molecule has 5 heteroatoms. The Kier molecular flexibility index (Phi) is 4.06. The van der Waals surface area contributed by atoms with Crippen LogP contribution in [0.15, 0.2) is 12.4 Å². The fraction of sp³-hybridized carbons (Fsp3) is 0.632. The highest BCUT2D eigenvalue weighted by atomic mass is 32.1. The molecule has 2 aromatic heterocycles. The number of hydrogen-bond donors (Lipinski definition) is 0. The molecule has 1 saturated heterocycles. The summed E-state index contributed by atoms with van der Waals surface area (Å²) in [6.07, 6.45) is 7.39. The summed E-state index contributed by atoms with van der Waals surface area (Å²) in [5.74, 6) is 0. The number of fused-ring (bicyclic) bond motifs is 2. The second-order valence-corrected chi connectivity index (χ2v) is 8.78. The standard InChI is InChI=1S/C19H27N3OS/c1-13-9-19(6-7-22(13)12-16-10-20-21(4)11-16)18-14(2)15(3)24-17(18)5-8-23-19/h10-11,13H,5-9,12H2,1-4H3/t13-,19+/m0/s1. The summed E-state index contributed by atoms with van der Waals surface area (Å²) in [7, 11) is 1.98. The zero-order chi connectivity index (χ0) is 16.9. The Bertz CT molecular complexity index is 750. The second-order valence-electron chi connectivity index (χ2n) is 7.47. The Balaban J connectivity index is 1.57. The Hall–Kier alpha value is -1.17. The summed E-state index contributed by atoms with van der Waals surface area (Å²) in [4.78, 5) is 5.62. The molecule has 1 spiro atoms. The van der Waals surface area contributed by atoms with Crippen LogP contribution in [0.2, 0.25) is 0 Å². The lowest BCUT2D eigenvalue weighted by molar-refractivity contribution is -0.112. The predicted molar refractivity (Wildman–Crippen MR) is 97.4 cm³/mol. The molecule has 2 aliphatic rings. The van der Waals surface area contributed by atoms with E-state index >= 15 is 0 Å². The average molecular weight is 346 g/mol. The molecule has 4 heterocycles. The Morgan fingerprint density at radius 1 is 1.42 bits per heavy atom. The molecule has 2 aliphatic heterocycles. The SMILES string of the molecule is Cc1sc2c(c1C)[C@]1(CCN(Cc3cnn(C)c3)[C@@H](C)C1)OCC2. The maximum absolute atomic E-state index is 6.46. The van der Waals surface area contributed by atoms with E-state index in [1.807, 2.05) is 29.3 Å². The summed E-state index contributed by atoms with van der Waals surface area (Å²) in [5.41, 5.74) is 4.26. The molecule has 4 rings (SSSR count). The van der Waals surface area contributed by atoms with Crippen molar-refractivity contribution in [3.05, 3.63) is 38.8 Å².